The number of hydrogen-bond donors (Lipinski definition) is 2. The van der Waals surface area contributed by atoms with E-state index in [2.05, 4.69) is 49.3 Å². The fourth-order valence-electron chi connectivity index (χ4n) is 4.86. The number of carbonyl (C=O) groups excluding carboxylic acids is 1. The quantitative estimate of drug-likeness (QED) is 0.218. The second-order valence-electron chi connectivity index (χ2n) is 9.48. The number of benzene rings is 3. The van der Waals surface area contributed by atoms with Crippen LogP contribution in [0.4, 0.5) is 5.69 Å². The molecule has 4 rings (SSSR count). The van der Waals surface area contributed by atoms with E-state index in [1.54, 1.807) is 4.90 Å². The highest BCUT2D eigenvalue weighted by atomic mass is 16.3. The monoisotopic (exact) mass is 499 g/mol. The Hall–Kier alpha value is -3.64. The molecule has 0 bridgehead atoms. The van der Waals surface area contributed by atoms with Crippen LogP contribution >= 0.6 is 0 Å². The zero-order valence-corrected chi connectivity index (χ0v) is 22.5. The number of hydrogen-bond acceptors (Lipinski definition) is 5. The standard InChI is InChI=1S/C31H37N3O3/c1-6-32-26-18-28-24(16-20(26)3)30(25-17-21(4)27(33-7-2)19-29(25)37-28)22-12-8-9-13-23(22)31(36)34(5)14-10-11-15-35/h8-9,12-13,16-19,32,35H,6-7,10-11,14-15H2,1-5H3. The molecule has 1 heterocycles. The molecule has 1 amide bonds. The molecular weight excluding hydrogens is 462 g/mol. The van der Waals surface area contributed by atoms with Crippen molar-refractivity contribution in [3.8, 4) is 22.5 Å². The van der Waals surface area contributed by atoms with Crippen LogP contribution in [0, 0.1) is 13.8 Å². The molecule has 0 unspecified atom stereocenters. The van der Waals surface area contributed by atoms with Crippen LogP contribution < -0.4 is 10.7 Å². The molecule has 0 fully saturated rings. The molecule has 0 saturated heterocycles. The van der Waals surface area contributed by atoms with Gasteiger partial charge in [0.1, 0.15) is 11.3 Å². The molecule has 0 radical (unpaired) electrons. The number of amides is 1. The molecular formula is C31H37N3O3. The fourth-order valence-corrected chi connectivity index (χ4v) is 4.86. The van der Waals surface area contributed by atoms with Gasteiger partial charge in [0.2, 0.25) is 0 Å². The van der Waals surface area contributed by atoms with Crippen LogP contribution in [0.5, 0.6) is 0 Å². The van der Waals surface area contributed by atoms with Gasteiger partial charge in [0.05, 0.1) is 5.36 Å². The van der Waals surface area contributed by atoms with E-state index in [0.29, 0.717) is 25.1 Å². The molecule has 6 nitrogen and oxygen atoms in total. The molecule has 2 aromatic rings. The van der Waals surface area contributed by atoms with E-state index in [4.69, 9.17) is 9.52 Å². The van der Waals surface area contributed by atoms with Crippen LogP contribution in [0.3, 0.4) is 0 Å². The summed E-state index contributed by atoms with van der Waals surface area (Å²) < 4.78 is 6.49. The number of aryl methyl sites for hydroxylation is 2. The maximum absolute atomic E-state index is 13.6. The van der Waals surface area contributed by atoms with Crippen LogP contribution in [0.25, 0.3) is 33.4 Å². The lowest BCUT2D eigenvalue weighted by atomic mass is 9.89. The van der Waals surface area contributed by atoms with Gasteiger partial charge >= 0.3 is 0 Å². The first-order valence-corrected chi connectivity index (χ1v) is 13.1. The molecule has 0 atom stereocenters. The van der Waals surface area contributed by atoms with Gasteiger partial charge < -0.3 is 19.7 Å². The van der Waals surface area contributed by atoms with E-state index < -0.39 is 0 Å². The summed E-state index contributed by atoms with van der Waals surface area (Å²) in [5, 5.41) is 14.5. The van der Waals surface area contributed by atoms with Crippen molar-refractivity contribution < 1.29 is 14.3 Å². The number of rotatable bonds is 9. The number of anilines is 1. The lowest BCUT2D eigenvalue weighted by Gasteiger charge is -2.22. The van der Waals surface area contributed by atoms with E-state index in [-0.39, 0.29) is 12.5 Å². The van der Waals surface area contributed by atoms with Gasteiger partial charge in [-0.1, -0.05) is 18.2 Å². The smallest absolute Gasteiger partial charge is 0.254 e. The van der Waals surface area contributed by atoms with Crippen LogP contribution in [-0.4, -0.2) is 49.2 Å². The SMILES string of the molecule is CCN=c1cc2oc3cc(NCC)c(C)cc3c(-c3ccccc3C(=O)N(C)CCCCO)c-2cc1C. The van der Waals surface area contributed by atoms with Crippen molar-refractivity contribution in [3.63, 3.8) is 0 Å². The molecule has 0 spiro atoms. The van der Waals surface area contributed by atoms with Gasteiger partial charge in [0.15, 0.2) is 0 Å². The first-order chi connectivity index (χ1) is 17.9. The van der Waals surface area contributed by atoms with Crippen LogP contribution in [-0.2, 0) is 0 Å². The molecule has 1 aliphatic heterocycles. The van der Waals surface area contributed by atoms with Crippen molar-refractivity contribution in [3.05, 3.63) is 70.6 Å². The second-order valence-corrected chi connectivity index (χ2v) is 9.48. The van der Waals surface area contributed by atoms with E-state index in [1.807, 2.05) is 44.3 Å². The van der Waals surface area contributed by atoms with E-state index >= 15 is 0 Å². The third-order valence-corrected chi connectivity index (χ3v) is 6.75. The molecule has 6 heteroatoms. The summed E-state index contributed by atoms with van der Waals surface area (Å²) in [5.41, 5.74) is 7.44. The zero-order valence-electron chi connectivity index (χ0n) is 22.5. The topological polar surface area (TPSA) is 78.1 Å². The predicted molar refractivity (Wildman–Crippen MR) is 151 cm³/mol. The summed E-state index contributed by atoms with van der Waals surface area (Å²) in [6.07, 6.45) is 1.43. The van der Waals surface area contributed by atoms with Crippen molar-refractivity contribution in [1.82, 2.24) is 4.90 Å². The summed E-state index contributed by atoms with van der Waals surface area (Å²) in [5.74, 6) is 0.705. The Labute approximate surface area is 219 Å². The highest BCUT2D eigenvalue weighted by Gasteiger charge is 2.24. The molecule has 2 N–H and O–H groups in total. The lowest BCUT2D eigenvalue weighted by Crippen LogP contribution is -2.28. The van der Waals surface area contributed by atoms with E-state index in [0.717, 1.165) is 68.6 Å². The Morgan fingerprint density at radius 2 is 1.81 bits per heavy atom. The number of carbonyl (C=O) groups is 1. The average Bonchev–Trinajstić information content (AvgIpc) is 2.89. The second kappa shape index (κ2) is 11.6. The van der Waals surface area contributed by atoms with Crippen LogP contribution in [0.1, 0.15) is 48.2 Å². The summed E-state index contributed by atoms with van der Waals surface area (Å²) in [7, 11) is 1.82. The summed E-state index contributed by atoms with van der Waals surface area (Å²) >= 11 is 0. The molecule has 37 heavy (non-hydrogen) atoms. The Morgan fingerprint density at radius 1 is 1.03 bits per heavy atom. The minimum Gasteiger partial charge on any atom is -0.456 e. The highest BCUT2D eigenvalue weighted by Crippen LogP contribution is 2.43. The number of unbranched alkanes of at least 4 members (excludes halogenated alkanes) is 1. The number of fused-ring (bicyclic) bond motifs is 2. The molecule has 0 saturated carbocycles. The fraction of sp³-hybridized carbons (Fsp3) is 0.355. The van der Waals surface area contributed by atoms with Gasteiger partial charge in [-0.05, 0) is 75.4 Å². The highest BCUT2D eigenvalue weighted by molar-refractivity contribution is 6.09. The van der Waals surface area contributed by atoms with E-state index in [1.165, 1.54) is 0 Å². The van der Waals surface area contributed by atoms with Gasteiger partial charge in [-0.3, -0.25) is 9.79 Å². The Kier molecular flexibility index (Phi) is 8.29. The van der Waals surface area contributed by atoms with Gasteiger partial charge in [0.25, 0.3) is 5.91 Å². The van der Waals surface area contributed by atoms with Crippen LogP contribution in [0.15, 0.2) is 57.9 Å². The first-order valence-electron chi connectivity index (χ1n) is 13.1. The average molecular weight is 500 g/mol. The number of nitrogens with one attached hydrogen (secondary N) is 1. The summed E-state index contributed by atoms with van der Waals surface area (Å²) in [4.78, 5) is 20.0. The summed E-state index contributed by atoms with van der Waals surface area (Å²) in [6.45, 7) is 10.5. The maximum atomic E-state index is 13.6. The molecule has 0 aromatic heterocycles. The van der Waals surface area contributed by atoms with Crippen molar-refractivity contribution >= 4 is 22.6 Å². The molecule has 2 aliphatic rings. The van der Waals surface area contributed by atoms with Crippen LogP contribution in [0.2, 0.25) is 0 Å². The largest absolute Gasteiger partial charge is 0.456 e. The Bertz CT molecular complexity index is 1450. The molecule has 194 valence electrons. The number of aliphatic hydroxyl groups excluding tert-OH is 1. The maximum Gasteiger partial charge on any atom is 0.254 e. The van der Waals surface area contributed by atoms with Crippen molar-refractivity contribution in [1.29, 1.82) is 0 Å². The Balaban J connectivity index is 2.02. The number of nitrogens with zero attached hydrogens (tertiary/aromatic N) is 2. The lowest BCUT2D eigenvalue weighted by molar-refractivity contribution is 0.0791. The predicted octanol–water partition coefficient (Wildman–Crippen LogP) is 6.02. The minimum absolute atomic E-state index is 0.0362. The molecule has 2 aromatic carbocycles. The third-order valence-electron chi connectivity index (χ3n) is 6.75. The van der Waals surface area contributed by atoms with Crippen molar-refractivity contribution in [2.75, 3.05) is 38.6 Å². The first kappa shape index (κ1) is 26.4. The molecule has 1 aliphatic carbocycles. The van der Waals surface area contributed by atoms with Gasteiger partial charge in [0, 0.05) is 73.2 Å². The third kappa shape index (κ3) is 5.39. The van der Waals surface area contributed by atoms with Gasteiger partial charge in [-0.2, -0.15) is 0 Å². The van der Waals surface area contributed by atoms with Gasteiger partial charge in [-0.25, -0.2) is 0 Å². The van der Waals surface area contributed by atoms with E-state index in [9.17, 15) is 4.79 Å². The minimum atomic E-state index is -0.0362. The van der Waals surface area contributed by atoms with Crippen molar-refractivity contribution in [2.45, 2.75) is 40.5 Å². The Morgan fingerprint density at radius 3 is 2.54 bits per heavy atom. The normalized spacial score (nSPS) is 11.9. The van der Waals surface area contributed by atoms with Crippen molar-refractivity contribution in [2.24, 2.45) is 4.99 Å². The zero-order chi connectivity index (χ0) is 26.5. The van der Waals surface area contributed by atoms with Gasteiger partial charge in [-0.15, -0.1) is 0 Å². The number of aliphatic hydroxyl groups is 1. The summed E-state index contributed by atoms with van der Waals surface area (Å²) in [6, 6.07) is 16.2.